The number of alkyl halides is 3. The minimum absolute atomic E-state index is 0.198. The Balaban J connectivity index is 2.92. The molecular weight excluding hydrogens is 253 g/mol. The Bertz CT molecular complexity index is 359. The SMILES string of the molecule is CNC(C)C(=O)N1CCC(C(=O)O)(C(F)(F)F)C1. The second-order valence-electron chi connectivity index (χ2n) is 4.41. The van der Waals surface area contributed by atoms with Crippen LogP contribution in [0.3, 0.4) is 0 Å². The van der Waals surface area contributed by atoms with E-state index in [-0.39, 0.29) is 6.54 Å². The van der Waals surface area contributed by atoms with Crippen LogP contribution >= 0.6 is 0 Å². The Morgan fingerprint density at radius 2 is 2.00 bits per heavy atom. The van der Waals surface area contributed by atoms with Crippen LogP contribution in [-0.4, -0.2) is 54.2 Å². The smallest absolute Gasteiger partial charge is 0.406 e. The number of nitrogens with one attached hydrogen (secondary N) is 1. The summed E-state index contributed by atoms with van der Waals surface area (Å²) in [4.78, 5) is 23.6. The standard InChI is InChI=1S/C10H15F3N2O3/c1-6(14-2)7(16)15-4-3-9(5-15,8(17)18)10(11,12)13/h6,14H,3-5H2,1-2H3,(H,17,18). The summed E-state index contributed by atoms with van der Waals surface area (Å²) in [5.74, 6) is -2.45. The molecule has 1 saturated heterocycles. The maximum atomic E-state index is 12.9. The third kappa shape index (κ3) is 2.29. The maximum absolute atomic E-state index is 12.9. The lowest BCUT2D eigenvalue weighted by atomic mass is 9.86. The third-order valence-corrected chi connectivity index (χ3v) is 3.34. The zero-order valence-corrected chi connectivity index (χ0v) is 10.0. The van der Waals surface area contributed by atoms with Gasteiger partial charge >= 0.3 is 12.1 Å². The van der Waals surface area contributed by atoms with Crippen LogP contribution in [0.1, 0.15) is 13.3 Å². The number of carbonyl (C=O) groups is 2. The Morgan fingerprint density at radius 3 is 2.33 bits per heavy atom. The molecule has 0 aromatic carbocycles. The highest BCUT2D eigenvalue weighted by Crippen LogP contribution is 2.45. The largest absolute Gasteiger partial charge is 0.481 e. The van der Waals surface area contributed by atoms with E-state index in [9.17, 15) is 22.8 Å². The van der Waals surface area contributed by atoms with Gasteiger partial charge in [0.05, 0.1) is 6.04 Å². The lowest BCUT2D eigenvalue weighted by Crippen LogP contribution is -2.49. The average molecular weight is 268 g/mol. The molecule has 2 unspecified atom stereocenters. The molecule has 1 amide bonds. The number of nitrogens with zero attached hydrogens (tertiary/aromatic N) is 1. The molecule has 0 radical (unpaired) electrons. The van der Waals surface area contributed by atoms with E-state index >= 15 is 0 Å². The van der Waals surface area contributed by atoms with Crippen LogP contribution in [0.2, 0.25) is 0 Å². The first-order valence-corrected chi connectivity index (χ1v) is 5.42. The van der Waals surface area contributed by atoms with E-state index in [4.69, 9.17) is 5.11 Å². The van der Waals surface area contributed by atoms with Gasteiger partial charge in [-0.2, -0.15) is 13.2 Å². The fraction of sp³-hybridized carbons (Fsp3) is 0.800. The number of rotatable bonds is 3. The quantitative estimate of drug-likeness (QED) is 0.780. The number of likely N-dealkylation sites (N-methyl/N-ethyl adjacent to an activating group) is 1. The van der Waals surface area contributed by atoms with Crippen LogP contribution in [0.4, 0.5) is 13.2 Å². The zero-order chi connectivity index (χ0) is 14.1. The zero-order valence-electron chi connectivity index (χ0n) is 10.0. The first-order valence-electron chi connectivity index (χ1n) is 5.42. The highest BCUT2D eigenvalue weighted by molar-refractivity contribution is 5.84. The monoisotopic (exact) mass is 268 g/mol. The van der Waals surface area contributed by atoms with Crippen molar-refractivity contribution in [3.05, 3.63) is 0 Å². The number of carboxylic acids is 1. The van der Waals surface area contributed by atoms with Gasteiger partial charge in [0, 0.05) is 13.1 Å². The van der Waals surface area contributed by atoms with E-state index < -0.39 is 42.5 Å². The molecule has 0 aromatic rings. The summed E-state index contributed by atoms with van der Waals surface area (Å²) in [6.45, 7) is 0.490. The van der Waals surface area contributed by atoms with Gasteiger partial charge in [-0.1, -0.05) is 0 Å². The lowest BCUT2D eigenvalue weighted by Gasteiger charge is -2.28. The third-order valence-electron chi connectivity index (χ3n) is 3.34. The first kappa shape index (κ1) is 14.7. The Labute approximate surface area is 102 Å². The van der Waals surface area contributed by atoms with E-state index in [2.05, 4.69) is 5.32 Å². The fourth-order valence-corrected chi connectivity index (χ4v) is 1.92. The van der Waals surface area contributed by atoms with Crippen molar-refractivity contribution < 1.29 is 27.9 Å². The Kier molecular flexibility index (Phi) is 3.89. The van der Waals surface area contributed by atoms with Gasteiger partial charge in [-0.15, -0.1) is 0 Å². The summed E-state index contributed by atoms with van der Waals surface area (Å²) >= 11 is 0. The molecule has 2 atom stereocenters. The molecule has 5 nitrogen and oxygen atoms in total. The normalized spacial score (nSPS) is 26.2. The molecule has 1 aliphatic heterocycles. The van der Waals surface area contributed by atoms with Crippen LogP contribution < -0.4 is 5.32 Å². The topological polar surface area (TPSA) is 69.6 Å². The molecule has 1 aliphatic rings. The molecule has 18 heavy (non-hydrogen) atoms. The van der Waals surface area contributed by atoms with Gasteiger partial charge in [0.1, 0.15) is 0 Å². The highest BCUT2D eigenvalue weighted by Gasteiger charge is 2.64. The summed E-state index contributed by atoms with van der Waals surface area (Å²) in [7, 11) is 1.51. The van der Waals surface area contributed by atoms with E-state index in [1.807, 2.05) is 0 Å². The van der Waals surface area contributed by atoms with E-state index in [0.29, 0.717) is 0 Å². The number of halogens is 3. The molecule has 0 spiro atoms. The van der Waals surface area contributed by atoms with Crippen LogP contribution in [-0.2, 0) is 9.59 Å². The molecular formula is C10H15F3N2O3. The summed E-state index contributed by atoms with van der Waals surface area (Å²) in [5.41, 5.74) is -2.84. The highest BCUT2D eigenvalue weighted by atomic mass is 19.4. The number of hydrogen-bond acceptors (Lipinski definition) is 3. The second-order valence-corrected chi connectivity index (χ2v) is 4.41. The maximum Gasteiger partial charge on any atom is 0.406 e. The van der Waals surface area contributed by atoms with Crippen molar-refractivity contribution in [3.8, 4) is 0 Å². The van der Waals surface area contributed by atoms with Gasteiger partial charge in [0.2, 0.25) is 5.91 Å². The average Bonchev–Trinajstić information content (AvgIpc) is 2.72. The van der Waals surface area contributed by atoms with Gasteiger partial charge in [-0.3, -0.25) is 9.59 Å². The van der Waals surface area contributed by atoms with Crippen molar-refractivity contribution in [1.82, 2.24) is 10.2 Å². The molecule has 1 rings (SSSR count). The number of aliphatic carboxylic acids is 1. The van der Waals surface area contributed by atoms with Crippen molar-refractivity contribution in [2.45, 2.75) is 25.6 Å². The van der Waals surface area contributed by atoms with Gasteiger partial charge in [0.15, 0.2) is 5.41 Å². The van der Waals surface area contributed by atoms with Crippen LogP contribution in [0.15, 0.2) is 0 Å². The van der Waals surface area contributed by atoms with Crippen LogP contribution in [0.25, 0.3) is 0 Å². The van der Waals surface area contributed by atoms with E-state index in [1.165, 1.54) is 14.0 Å². The summed E-state index contributed by atoms with van der Waals surface area (Å²) < 4.78 is 38.6. The summed E-state index contributed by atoms with van der Waals surface area (Å²) in [6, 6.07) is -0.636. The lowest BCUT2D eigenvalue weighted by molar-refractivity contribution is -0.227. The molecule has 0 aromatic heterocycles. The molecule has 0 bridgehead atoms. The van der Waals surface area contributed by atoms with Gasteiger partial charge in [0.25, 0.3) is 0 Å². The van der Waals surface area contributed by atoms with Crippen LogP contribution in [0, 0.1) is 5.41 Å². The molecule has 104 valence electrons. The molecule has 1 heterocycles. The molecule has 0 saturated carbocycles. The number of hydrogen-bond donors (Lipinski definition) is 2. The van der Waals surface area contributed by atoms with Gasteiger partial charge < -0.3 is 15.3 Å². The molecule has 8 heteroatoms. The molecule has 0 aliphatic carbocycles. The Hall–Kier alpha value is -1.31. The van der Waals surface area contributed by atoms with Crippen LogP contribution in [0.5, 0.6) is 0 Å². The predicted octanol–water partition coefficient (Wildman–Crippen LogP) is 0.460. The second kappa shape index (κ2) is 4.75. The number of carbonyl (C=O) groups excluding carboxylic acids is 1. The van der Waals surface area contributed by atoms with E-state index in [0.717, 1.165) is 4.90 Å². The fourth-order valence-electron chi connectivity index (χ4n) is 1.92. The van der Waals surface area contributed by atoms with Crippen molar-refractivity contribution in [3.63, 3.8) is 0 Å². The minimum Gasteiger partial charge on any atom is -0.481 e. The number of carboxylic acid groups (broad SMARTS) is 1. The predicted molar refractivity (Wildman–Crippen MR) is 55.8 cm³/mol. The number of amides is 1. The van der Waals surface area contributed by atoms with Crippen molar-refractivity contribution in [2.75, 3.05) is 20.1 Å². The molecule has 1 fully saturated rings. The van der Waals surface area contributed by atoms with Gasteiger partial charge in [-0.25, -0.2) is 0 Å². The number of likely N-dealkylation sites (tertiary alicyclic amines) is 1. The Morgan fingerprint density at radius 1 is 1.44 bits per heavy atom. The minimum atomic E-state index is -4.86. The molecule has 2 N–H and O–H groups in total. The summed E-state index contributed by atoms with van der Waals surface area (Å²) in [6.07, 6.45) is -5.47. The van der Waals surface area contributed by atoms with Gasteiger partial charge in [-0.05, 0) is 20.4 Å². The van der Waals surface area contributed by atoms with Crippen molar-refractivity contribution >= 4 is 11.9 Å². The summed E-state index contributed by atoms with van der Waals surface area (Å²) in [5, 5.41) is 11.4. The first-order chi connectivity index (χ1) is 8.15. The van der Waals surface area contributed by atoms with Crippen molar-refractivity contribution in [1.29, 1.82) is 0 Å². The van der Waals surface area contributed by atoms with Crippen molar-refractivity contribution in [2.24, 2.45) is 5.41 Å². The van der Waals surface area contributed by atoms with E-state index in [1.54, 1.807) is 0 Å².